The molecular formula is C16H23ClN6S. The molecule has 2 aromatic heterocycles. The zero-order valence-electron chi connectivity index (χ0n) is 14.6. The first-order chi connectivity index (χ1) is 11.5. The fourth-order valence-corrected chi connectivity index (χ4v) is 4.00. The van der Waals surface area contributed by atoms with Crippen LogP contribution < -0.4 is 9.80 Å². The molecule has 0 N–H and O–H groups in total. The summed E-state index contributed by atoms with van der Waals surface area (Å²) in [6, 6.07) is 0. The molecule has 2 aromatic rings. The zero-order valence-corrected chi connectivity index (χ0v) is 16.2. The number of thiazole rings is 1. The Kier molecular flexibility index (Phi) is 5.22. The molecule has 130 valence electrons. The minimum Gasteiger partial charge on any atom is -0.354 e. The molecule has 0 unspecified atom stereocenters. The molecule has 0 aromatic carbocycles. The summed E-state index contributed by atoms with van der Waals surface area (Å²) >= 11 is 7.96. The standard InChI is InChI=1S/C16H23ClN6S/c1-11-12(2)18-10-19-15(11)23-7-5-22(6-8-23)9-13-14(17)20-16(24-13)21(3)4/h10H,5-9H2,1-4H3. The number of nitrogens with zero attached hydrogens (tertiary/aromatic N) is 6. The molecule has 0 bridgehead atoms. The Morgan fingerprint density at radius 1 is 1.17 bits per heavy atom. The van der Waals surface area contributed by atoms with Crippen LogP contribution in [0.5, 0.6) is 0 Å². The maximum absolute atomic E-state index is 6.29. The number of piperazine rings is 1. The van der Waals surface area contributed by atoms with Gasteiger partial charge in [0.05, 0.1) is 4.88 Å². The Bertz CT molecular complexity index is 709. The highest BCUT2D eigenvalue weighted by atomic mass is 35.5. The summed E-state index contributed by atoms with van der Waals surface area (Å²) in [6.45, 7) is 8.91. The van der Waals surface area contributed by atoms with Crippen LogP contribution in [0.15, 0.2) is 6.33 Å². The lowest BCUT2D eigenvalue weighted by molar-refractivity contribution is 0.251. The summed E-state index contributed by atoms with van der Waals surface area (Å²) in [5.41, 5.74) is 2.22. The van der Waals surface area contributed by atoms with Crippen LogP contribution in [-0.2, 0) is 6.54 Å². The molecule has 0 aliphatic carbocycles. The third kappa shape index (κ3) is 3.63. The molecule has 0 radical (unpaired) electrons. The van der Waals surface area contributed by atoms with Gasteiger partial charge in [-0.2, -0.15) is 0 Å². The number of rotatable bonds is 4. The molecule has 0 saturated carbocycles. The zero-order chi connectivity index (χ0) is 17.3. The highest BCUT2D eigenvalue weighted by molar-refractivity contribution is 7.16. The molecule has 3 heterocycles. The van der Waals surface area contributed by atoms with Crippen molar-refractivity contribution < 1.29 is 0 Å². The van der Waals surface area contributed by atoms with Gasteiger partial charge in [-0.05, 0) is 13.8 Å². The monoisotopic (exact) mass is 366 g/mol. The Morgan fingerprint density at radius 2 is 1.88 bits per heavy atom. The molecule has 0 spiro atoms. The molecule has 0 amide bonds. The molecule has 6 nitrogen and oxygen atoms in total. The van der Waals surface area contributed by atoms with Crippen LogP contribution in [0.1, 0.15) is 16.1 Å². The molecule has 1 saturated heterocycles. The minimum atomic E-state index is 0.633. The minimum absolute atomic E-state index is 0.633. The maximum Gasteiger partial charge on any atom is 0.186 e. The van der Waals surface area contributed by atoms with E-state index in [1.807, 2.05) is 25.9 Å². The Labute approximate surface area is 152 Å². The highest BCUT2D eigenvalue weighted by Crippen LogP contribution is 2.30. The van der Waals surface area contributed by atoms with Crippen LogP contribution in [0.25, 0.3) is 0 Å². The molecule has 1 aliphatic rings. The fourth-order valence-electron chi connectivity index (χ4n) is 2.78. The van der Waals surface area contributed by atoms with Crippen molar-refractivity contribution in [1.29, 1.82) is 0 Å². The van der Waals surface area contributed by atoms with E-state index in [4.69, 9.17) is 11.6 Å². The van der Waals surface area contributed by atoms with Gasteiger partial charge in [-0.3, -0.25) is 4.90 Å². The van der Waals surface area contributed by atoms with Crippen molar-refractivity contribution >= 4 is 33.9 Å². The SMILES string of the molecule is Cc1ncnc(N2CCN(Cc3sc(N(C)C)nc3Cl)CC2)c1C. The van der Waals surface area contributed by atoms with Gasteiger partial charge in [0.2, 0.25) is 0 Å². The lowest BCUT2D eigenvalue weighted by Gasteiger charge is -2.35. The molecule has 1 fully saturated rings. The molecule has 8 heteroatoms. The van der Waals surface area contributed by atoms with Crippen LogP contribution in [0, 0.1) is 13.8 Å². The van der Waals surface area contributed by atoms with Gasteiger partial charge < -0.3 is 9.80 Å². The van der Waals surface area contributed by atoms with Crippen LogP contribution in [0.2, 0.25) is 5.15 Å². The van der Waals surface area contributed by atoms with E-state index in [2.05, 4.69) is 31.7 Å². The van der Waals surface area contributed by atoms with Gasteiger partial charge in [-0.15, -0.1) is 0 Å². The molecule has 1 aliphatic heterocycles. The number of aromatic nitrogens is 3. The Balaban J connectivity index is 1.62. The molecule has 0 atom stereocenters. The predicted molar refractivity (Wildman–Crippen MR) is 100 cm³/mol. The van der Waals surface area contributed by atoms with Crippen molar-refractivity contribution in [3.05, 3.63) is 27.6 Å². The van der Waals surface area contributed by atoms with Crippen molar-refractivity contribution in [2.75, 3.05) is 50.1 Å². The average molecular weight is 367 g/mol. The van der Waals surface area contributed by atoms with Crippen LogP contribution in [0.3, 0.4) is 0 Å². The normalized spacial score (nSPS) is 15.8. The quantitative estimate of drug-likeness (QED) is 0.829. The van der Waals surface area contributed by atoms with E-state index in [0.717, 1.165) is 54.2 Å². The smallest absolute Gasteiger partial charge is 0.186 e. The Morgan fingerprint density at radius 3 is 2.50 bits per heavy atom. The average Bonchev–Trinajstić information content (AvgIpc) is 2.92. The predicted octanol–water partition coefficient (Wildman–Crippen LogP) is 2.59. The number of hydrogen-bond acceptors (Lipinski definition) is 7. The number of halogens is 1. The summed E-state index contributed by atoms with van der Waals surface area (Å²) in [4.78, 5) is 21.1. The van der Waals surface area contributed by atoms with E-state index in [1.54, 1.807) is 17.7 Å². The maximum atomic E-state index is 6.29. The lowest BCUT2D eigenvalue weighted by atomic mass is 10.2. The van der Waals surface area contributed by atoms with Crippen LogP contribution in [0.4, 0.5) is 10.9 Å². The first-order valence-electron chi connectivity index (χ1n) is 8.03. The van der Waals surface area contributed by atoms with Crippen molar-refractivity contribution in [2.45, 2.75) is 20.4 Å². The van der Waals surface area contributed by atoms with Crippen molar-refractivity contribution in [1.82, 2.24) is 19.9 Å². The second-order valence-corrected chi connectivity index (χ2v) is 7.70. The third-order valence-corrected chi connectivity index (χ3v) is 6.00. The molecule has 24 heavy (non-hydrogen) atoms. The third-order valence-electron chi connectivity index (χ3n) is 4.37. The van der Waals surface area contributed by atoms with Gasteiger partial charge in [-0.25, -0.2) is 15.0 Å². The first-order valence-corrected chi connectivity index (χ1v) is 9.23. The summed E-state index contributed by atoms with van der Waals surface area (Å²) in [7, 11) is 3.98. The molecular weight excluding hydrogens is 344 g/mol. The number of hydrogen-bond donors (Lipinski definition) is 0. The van der Waals surface area contributed by atoms with E-state index in [0.29, 0.717) is 5.15 Å². The van der Waals surface area contributed by atoms with Crippen molar-refractivity contribution in [3.63, 3.8) is 0 Å². The Hall–Kier alpha value is -1.44. The number of aryl methyl sites for hydroxylation is 1. The van der Waals surface area contributed by atoms with Gasteiger partial charge in [0.1, 0.15) is 17.3 Å². The summed E-state index contributed by atoms with van der Waals surface area (Å²) < 4.78 is 0. The molecule has 3 rings (SSSR count). The van der Waals surface area contributed by atoms with E-state index in [1.165, 1.54) is 5.56 Å². The van der Waals surface area contributed by atoms with Gasteiger partial charge in [0.25, 0.3) is 0 Å². The first kappa shape index (κ1) is 17.4. The number of anilines is 2. The van der Waals surface area contributed by atoms with E-state index in [-0.39, 0.29) is 0 Å². The van der Waals surface area contributed by atoms with Gasteiger partial charge in [0, 0.05) is 58.1 Å². The fraction of sp³-hybridized carbons (Fsp3) is 0.562. The largest absolute Gasteiger partial charge is 0.354 e. The van der Waals surface area contributed by atoms with Gasteiger partial charge in [0.15, 0.2) is 5.13 Å². The summed E-state index contributed by atoms with van der Waals surface area (Å²) in [5, 5.41) is 1.59. The second kappa shape index (κ2) is 7.21. The highest BCUT2D eigenvalue weighted by Gasteiger charge is 2.22. The lowest BCUT2D eigenvalue weighted by Crippen LogP contribution is -2.46. The van der Waals surface area contributed by atoms with E-state index in [9.17, 15) is 0 Å². The van der Waals surface area contributed by atoms with E-state index >= 15 is 0 Å². The van der Waals surface area contributed by atoms with Crippen LogP contribution in [-0.4, -0.2) is 60.1 Å². The van der Waals surface area contributed by atoms with E-state index < -0.39 is 0 Å². The van der Waals surface area contributed by atoms with Gasteiger partial charge >= 0.3 is 0 Å². The summed E-state index contributed by atoms with van der Waals surface area (Å²) in [6.07, 6.45) is 1.66. The van der Waals surface area contributed by atoms with Crippen molar-refractivity contribution in [2.24, 2.45) is 0 Å². The summed E-state index contributed by atoms with van der Waals surface area (Å²) in [5.74, 6) is 1.06. The second-order valence-electron chi connectivity index (χ2n) is 6.28. The topological polar surface area (TPSA) is 48.4 Å². The van der Waals surface area contributed by atoms with Crippen LogP contribution >= 0.6 is 22.9 Å². The van der Waals surface area contributed by atoms with Gasteiger partial charge in [-0.1, -0.05) is 22.9 Å². The van der Waals surface area contributed by atoms with Crippen molar-refractivity contribution in [3.8, 4) is 0 Å².